The molecule has 0 fully saturated rings. The second kappa shape index (κ2) is 24.4. The summed E-state index contributed by atoms with van der Waals surface area (Å²) in [6.07, 6.45) is 29.0. The molecule has 1 unspecified atom stereocenters. The summed E-state index contributed by atoms with van der Waals surface area (Å²) in [7, 11) is 2.48. The molecular weight excluding hydrogens is 363 g/mol. The van der Waals surface area contributed by atoms with Gasteiger partial charge in [-0.2, -0.15) is 0 Å². The van der Waals surface area contributed by atoms with Crippen molar-refractivity contribution >= 4 is 21.1 Å². The molecule has 0 aromatic rings. The van der Waals surface area contributed by atoms with Crippen LogP contribution in [-0.2, 0) is 9.59 Å². The highest BCUT2D eigenvalue weighted by molar-refractivity contribution is 7.23. The molecule has 3 heteroatoms. The fourth-order valence-corrected chi connectivity index (χ4v) is 3.88. The van der Waals surface area contributed by atoms with Gasteiger partial charge in [-0.1, -0.05) is 118 Å². The number of allylic oxidation sites excluding steroid dienone is 2. The topological polar surface area (TPSA) is 34.1 Å². The maximum absolute atomic E-state index is 10.4. The van der Waals surface area contributed by atoms with Crippen molar-refractivity contribution in [2.45, 2.75) is 135 Å². The number of carbonyl (C=O) groups excluding carboxylic acids is 2. The van der Waals surface area contributed by atoms with Gasteiger partial charge < -0.3 is 0 Å². The zero-order chi connectivity index (χ0) is 20.5. The monoisotopic (exact) mass is 408 g/mol. The molecule has 28 heavy (non-hydrogen) atoms. The molecule has 0 heterocycles. The highest BCUT2D eigenvalue weighted by atomic mass is 31.0. The largest absolute Gasteiger partial charge is 0.234 e. The maximum atomic E-state index is 10.4. The quantitative estimate of drug-likeness (QED) is 0.103. The first-order valence-electron chi connectivity index (χ1n) is 12.0. The average molecular weight is 409 g/mol. The van der Waals surface area contributed by atoms with Crippen LogP contribution < -0.4 is 0 Å². The Morgan fingerprint density at radius 2 is 0.857 bits per heavy atom. The average Bonchev–Trinajstić information content (AvgIpc) is 2.71. The van der Waals surface area contributed by atoms with E-state index in [1.807, 2.05) is 11.9 Å². The van der Waals surface area contributed by atoms with Gasteiger partial charge in [0.25, 0.3) is 0 Å². The molecule has 0 saturated heterocycles. The lowest BCUT2D eigenvalue weighted by atomic mass is 10.0. The molecule has 0 rings (SSSR count). The minimum absolute atomic E-state index is 0.789. The minimum Gasteiger partial charge on any atom is -0.234 e. The van der Waals surface area contributed by atoms with Gasteiger partial charge >= 0.3 is 0 Å². The van der Waals surface area contributed by atoms with E-state index in [1.165, 1.54) is 109 Å². The lowest BCUT2D eigenvalue weighted by molar-refractivity contribution is 0.522. The Bertz CT molecular complexity index is 420. The highest BCUT2D eigenvalue weighted by Crippen LogP contribution is 2.16. The van der Waals surface area contributed by atoms with Gasteiger partial charge in [0.05, 0.1) is 0 Å². The second-order valence-electron chi connectivity index (χ2n) is 8.21. The molecule has 0 aliphatic carbocycles. The second-order valence-corrected chi connectivity index (χ2v) is 8.90. The van der Waals surface area contributed by atoms with E-state index in [1.54, 1.807) is 6.08 Å². The Morgan fingerprint density at radius 3 is 1.18 bits per heavy atom. The Balaban J connectivity index is 3.05. The molecule has 0 bridgehead atoms. The number of hydrogen-bond donors (Lipinski definition) is 0. The van der Waals surface area contributed by atoms with Gasteiger partial charge in [0.1, 0.15) is 11.9 Å². The standard InChI is InChI=1S/C25H45O2P/c26-23-21-19-17-15-13-11-9-7-5-3-1-2-4-6-8-10-12-14-16-18-20-22-25(28)24-27/h21H,1-20,22,28H2. The maximum Gasteiger partial charge on any atom is 0.127 e. The van der Waals surface area contributed by atoms with Crippen molar-refractivity contribution in [2.24, 2.45) is 0 Å². The summed E-state index contributed by atoms with van der Waals surface area (Å²) in [4.78, 5) is 20.4. The van der Waals surface area contributed by atoms with Crippen molar-refractivity contribution in [3.8, 4) is 0 Å². The van der Waals surface area contributed by atoms with Crippen LogP contribution in [0.3, 0.4) is 0 Å². The van der Waals surface area contributed by atoms with Crippen LogP contribution in [0.1, 0.15) is 135 Å². The van der Waals surface area contributed by atoms with E-state index < -0.39 is 0 Å². The fourth-order valence-electron chi connectivity index (χ4n) is 3.68. The summed E-state index contributed by atoms with van der Waals surface area (Å²) in [5.74, 6) is 3.80. The summed E-state index contributed by atoms with van der Waals surface area (Å²) in [5.41, 5.74) is 0. The summed E-state index contributed by atoms with van der Waals surface area (Å²) in [5, 5.41) is 0.789. The van der Waals surface area contributed by atoms with Crippen LogP contribution in [0.4, 0.5) is 0 Å². The van der Waals surface area contributed by atoms with E-state index >= 15 is 0 Å². The predicted octanol–water partition coefficient (Wildman–Crippen LogP) is 8.16. The Kier molecular flexibility index (Phi) is 23.8. The molecule has 0 aliphatic heterocycles. The molecule has 0 spiro atoms. The Hall–Kier alpha value is -0.670. The van der Waals surface area contributed by atoms with Gasteiger partial charge in [0.15, 0.2) is 0 Å². The van der Waals surface area contributed by atoms with Crippen LogP contribution in [0.25, 0.3) is 0 Å². The van der Waals surface area contributed by atoms with Gasteiger partial charge in [-0.05, 0) is 31.8 Å². The third-order valence-electron chi connectivity index (χ3n) is 5.51. The molecule has 0 radical (unpaired) electrons. The zero-order valence-electron chi connectivity index (χ0n) is 18.3. The first-order valence-corrected chi connectivity index (χ1v) is 12.6. The van der Waals surface area contributed by atoms with E-state index in [2.05, 4.69) is 9.24 Å². The molecule has 1 atom stereocenters. The lowest BCUT2D eigenvalue weighted by Crippen LogP contribution is -1.84. The third-order valence-corrected chi connectivity index (χ3v) is 5.92. The van der Waals surface area contributed by atoms with Crippen molar-refractivity contribution in [1.29, 1.82) is 0 Å². The van der Waals surface area contributed by atoms with Crippen molar-refractivity contribution in [3.05, 3.63) is 11.4 Å². The minimum atomic E-state index is 0.789. The number of hydrogen-bond acceptors (Lipinski definition) is 2. The van der Waals surface area contributed by atoms with Gasteiger partial charge in [-0.15, -0.1) is 0 Å². The number of rotatable bonds is 22. The lowest BCUT2D eigenvalue weighted by Gasteiger charge is -2.04. The molecule has 0 aromatic carbocycles. The van der Waals surface area contributed by atoms with Crippen LogP contribution in [0.2, 0.25) is 0 Å². The summed E-state index contributed by atoms with van der Waals surface area (Å²) >= 11 is 0. The fraction of sp³-hybridized carbons (Fsp3) is 0.840. The van der Waals surface area contributed by atoms with Crippen LogP contribution in [0, 0.1) is 0 Å². The Labute approximate surface area is 177 Å². The van der Waals surface area contributed by atoms with Gasteiger partial charge in [-0.3, -0.25) is 0 Å². The zero-order valence-corrected chi connectivity index (χ0v) is 19.5. The molecular formula is C25H45O2P. The molecule has 0 aromatic heterocycles. The molecule has 0 aliphatic rings. The van der Waals surface area contributed by atoms with Gasteiger partial charge in [0.2, 0.25) is 0 Å². The van der Waals surface area contributed by atoms with Crippen molar-refractivity contribution < 1.29 is 9.59 Å². The molecule has 2 nitrogen and oxygen atoms in total. The first-order chi connectivity index (χ1) is 13.8. The summed E-state index contributed by atoms with van der Waals surface area (Å²) in [6, 6.07) is 0. The van der Waals surface area contributed by atoms with E-state index in [0.29, 0.717) is 0 Å². The smallest absolute Gasteiger partial charge is 0.127 e. The van der Waals surface area contributed by atoms with Crippen LogP contribution >= 0.6 is 9.24 Å². The molecule has 0 amide bonds. The summed E-state index contributed by atoms with van der Waals surface area (Å²) < 4.78 is 0. The van der Waals surface area contributed by atoms with E-state index in [9.17, 15) is 9.59 Å². The predicted molar refractivity (Wildman–Crippen MR) is 126 cm³/mol. The van der Waals surface area contributed by atoms with Crippen LogP contribution in [0.5, 0.6) is 0 Å². The first kappa shape index (κ1) is 27.3. The van der Waals surface area contributed by atoms with Crippen molar-refractivity contribution in [3.63, 3.8) is 0 Å². The van der Waals surface area contributed by atoms with Crippen LogP contribution in [-0.4, -0.2) is 11.9 Å². The highest BCUT2D eigenvalue weighted by Gasteiger charge is 1.96. The normalized spacial score (nSPS) is 10.5. The third kappa shape index (κ3) is 23.4. The number of unbranched alkanes of at least 4 members (excludes halogenated alkanes) is 19. The van der Waals surface area contributed by atoms with Gasteiger partial charge in [-0.25, -0.2) is 9.59 Å². The molecule has 162 valence electrons. The molecule has 0 N–H and O–H groups in total. The Morgan fingerprint density at radius 1 is 0.536 bits per heavy atom. The van der Waals surface area contributed by atoms with Gasteiger partial charge in [0, 0.05) is 5.31 Å². The molecule has 0 saturated carbocycles. The van der Waals surface area contributed by atoms with E-state index in [-0.39, 0.29) is 0 Å². The van der Waals surface area contributed by atoms with Crippen molar-refractivity contribution in [1.82, 2.24) is 0 Å². The van der Waals surface area contributed by atoms with E-state index in [4.69, 9.17) is 0 Å². The summed E-state index contributed by atoms with van der Waals surface area (Å²) in [6.45, 7) is 0. The SMILES string of the molecule is O=C=CCCCCCCCCCCCCCCCCCCCCCC(P)=C=O. The van der Waals surface area contributed by atoms with Crippen molar-refractivity contribution in [2.75, 3.05) is 0 Å². The van der Waals surface area contributed by atoms with E-state index in [0.717, 1.165) is 31.0 Å². The van der Waals surface area contributed by atoms with Crippen LogP contribution in [0.15, 0.2) is 11.4 Å².